The molecule has 144 valence electrons. The van der Waals surface area contributed by atoms with E-state index in [1.807, 2.05) is 6.92 Å². The Morgan fingerprint density at radius 3 is 2.44 bits per heavy atom. The van der Waals surface area contributed by atoms with Crippen molar-refractivity contribution in [2.45, 2.75) is 24.7 Å². The SMILES string of the molecule is CCCCN(C)S(=O)(=O)c1ccc(NC(=O)c2cccc([N+](=O)[O-])c2)cc1. The largest absolute Gasteiger partial charge is 0.322 e. The van der Waals surface area contributed by atoms with E-state index in [4.69, 9.17) is 0 Å². The van der Waals surface area contributed by atoms with Crippen LogP contribution in [0, 0.1) is 10.1 Å². The third-order valence-electron chi connectivity index (χ3n) is 3.97. The predicted octanol–water partition coefficient (Wildman–Crippen LogP) is 3.27. The molecule has 0 aromatic heterocycles. The van der Waals surface area contributed by atoms with Gasteiger partial charge in [-0.25, -0.2) is 12.7 Å². The Labute approximate surface area is 158 Å². The molecular weight excluding hydrogens is 370 g/mol. The number of unbranched alkanes of at least 4 members (excludes halogenated alkanes) is 1. The zero-order chi connectivity index (χ0) is 20.0. The standard InChI is InChI=1S/C18H21N3O5S/c1-3-4-12-20(2)27(25,26)17-10-8-15(9-11-17)19-18(22)14-6-5-7-16(13-14)21(23)24/h5-11,13H,3-4,12H2,1-2H3,(H,19,22). The third-order valence-corrected chi connectivity index (χ3v) is 5.84. The number of hydrogen-bond donors (Lipinski definition) is 1. The number of anilines is 1. The van der Waals surface area contributed by atoms with Gasteiger partial charge in [-0.1, -0.05) is 19.4 Å². The van der Waals surface area contributed by atoms with Crippen LogP contribution in [0.5, 0.6) is 0 Å². The first-order chi connectivity index (χ1) is 12.8. The molecule has 0 aliphatic carbocycles. The highest BCUT2D eigenvalue weighted by atomic mass is 32.2. The Kier molecular flexibility index (Phi) is 6.65. The number of benzene rings is 2. The quantitative estimate of drug-likeness (QED) is 0.548. The molecule has 0 radical (unpaired) electrons. The summed E-state index contributed by atoms with van der Waals surface area (Å²) < 4.78 is 26.2. The minimum Gasteiger partial charge on any atom is -0.322 e. The number of non-ortho nitro benzene ring substituents is 1. The summed E-state index contributed by atoms with van der Waals surface area (Å²) in [6.45, 7) is 2.42. The Hall–Kier alpha value is -2.78. The fourth-order valence-corrected chi connectivity index (χ4v) is 3.56. The highest BCUT2D eigenvalue weighted by Crippen LogP contribution is 2.19. The van der Waals surface area contributed by atoms with Crippen LogP contribution < -0.4 is 5.32 Å². The van der Waals surface area contributed by atoms with Gasteiger partial charge >= 0.3 is 0 Å². The van der Waals surface area contributed by atoms with Gasteiger partial charge in [0.2, 0.25) is 10.0 Å². The lowest BCUT2D eigenvalue weighted by Crippen LogP contribution is -2.27. The van der Waals surface area contributed by atoms with E-state index in [0.29, 0.717) is 12.2 Å². The van der Waals surface area contributed by atoms with Crippen LogP contribution >= 0.6 is 0 Å². The molecule has 1 amide bonds. The van der Waals surface area contributed by atoms with Gasteiger partial charge in [0.25, 0.3) is 11.6 Å². The van der Waals surface area contributed by atoms with Gasteiger partial charge in [-0.05, 0) is 36.8 Å². The number of amides is 1. The van der Waals surface area contributed by atoms with E-state index in [2.05, 4.69) is 5.32 Å². The van der Waals surface area contributed by atoms with Crippen molar-refractivity contribution >= 4 is 27.3 Å². The third kappa shape index (κ3) is 5.11. The second kappa shape index (κ2) is 8.74. The molecule has 0 fully saturated rings. The summed E-state index contributed by atoms with van der Waals surface area (Å²) >= 11 is 0. The zero-order valence-electron chi connectivity index (χ0n) is 15.1. The predicted molar refractivity (Wildman–Crippen MR) is 102 cm³/mol. The van der Waals surface area contributed by atoms with Crippen LogP contribution in [0.1, 0.15) is 30.1 Å². The van der Waals surface area contributed by atoms with Gasteiger partial charge < -0.3 is 5.32 Å². The molecule has 0 heterocycles. The summed E-state index contributed by atoms with van der Waals surface area (Å²) in [5, 5.41) is 13.4. The number of carbonyl (C=O) groups excluding carboxylic acids is 1. The highest BCUT2D eigenvalue weighted by Gasteiger charge is 2.20. The lowest BCUT2D eigenvalue weighted by atomic mass is 10.2. The first-order valence-corrected chi connectivity index (χ1v) is 9.82. The molecule has 2 rings (SSSR count). The summed E-state index contributed by atoms with van der Waals surface area (Å²) in [5.41, 5.74) is 0.348. The van der Waals surface area contributed by atoms with Gasteiger partial charge in [-0.3, -0.25) is 14.9 Å². The van der Waals surface area contributed by atoms with Crippen molar-refractivity contribution in [3.63, 3.8) is 0 Å². The molecule has 2 aromatic carbocycles. The van der Waals surface area contributed by atoms with Crippen molar-refractivity contribution in [2.75, 3.05) is 18.9 Å². The smallest absolute Gasteiger partial charge is 0.270 e. The maximum Gasteiger partial charge on any atom is 0.270 e. The van der Waals surface area contributed by atoms with Crippen molar-refractivity contribution in [3.8, 4) is 0 Å². The summed E-state index contributed by atoms with van der Waals surface area (Å²) in [7, 11) is -2.05. The second-order valence-electron chi connectivity index (χ2n) is 5.97. The molecule has 0 atom stereocenters. The van der Waals surface area contributed by atoms with E-state index in [9.17, 15) is 23.3 Å². The Morgan fingerprint density at radius 2 is 1.85 bits per heavy atom. The maximum atomic E-state index is 12.5. The average molecular weight is 391 g/mol. The van der Waals surface area contributed by atoms with Crippen LogP contribution in [0.4, 0.5) is 11.4 Å². The molecule has 0 bridgehead atoms. The fraction of sp³-hybridized carbons (Fsp3) is 0.278. The van der Waals surface area contributed by atoms with Crippen LogP contribution in [-0.2, 0) is 10.0 Å². The zero-order valence-corrected chi connectivity index (χ0v) is 15.9. The molecule has 8 nitrogen and oxygen atoms in total. The second-order valence-corrected chi connectivity index (χ2v) is 8.01. The monoisotopic (exact) mass is 391 g/mol. The fourth-order valence-electron chi connectivity index (χ4n) is 2.36. The minimum atomic E-state index is -3.58. The van der Waals surface area contributed by atoms with Gasteiger partial charge in [0.05, 0.1) is 9.82 Å². The number of rotatable bonds is 8. The summed E-state index contributed by atoms with van der Waals surface area (Å²) in [5.74, 6) is -0.519. The van der Waals surface area contributed by atoms with Crippen molar-refractivity contribution in [1.29, 1.82) is 0 Å². The van der Waals surface area contributed by atoms with Gasteiger partial charge in [0, 0.05) is 37.0 Å². The van der Waals surface area contributed by atoms with E-state index in [-0.39, 0.29) is 16.1 Å². The number of nitrogens with zero attached hydrogens (tertiary/aromatic N) is 2. The first kappa shape index (κ1) is 20.5. The minimum absolute atomic E-state index is 0.134. The van der Waals surface area contributed by atoms with E-state index in [0.717, 1.165) is 12.8 Å². The average Bonchev–Trinajstić information content (AvgIpc) is 2.66. The highest BCUT2D eigenvalue weighted by molar-refractivity contribution is 7.89. The normalized spacial score (nSPS) is 11.4. The molecule has 0 unspecified atom stereocenters. The molecule has 1 N–H and O–H groups in total. The Balaban J connectivity index is 2.12. The van der Waals surface area contributed by atoms with Crippen LogP contribution in [0.2, 0.25) is 0 Å². The number of carbonyl (C=O) groups is 1. The van der Waals surface area contributed by atoms with E-state index >= 15 is 0 Å². The summed E-state index contributed by atoms with van der Waals surface area (Å²) in [4.78, 5) is 22.6. The van der Waals surface area contributed by atoms with Crippen LogP contribution in [-0.4, -0.2) is 37.1 Å². The van der Waals surface area contributed by atoms with Gasteiger partial charge in [0.1, 0.15) is 0 Å². The summed E-state index contributed by atoms with van der Waals surface area (Å²) in [6.07, 6.45) is 1.66. The molecule has 0 saturated carbocycles. The van der Waals surface area contributed by atoms with Crippen molar-refractivity contribution in [1.82, 2.24) is 4.31 Å². The lowest BCUT2D eigenvalue weighted by Gasteiger charge is -2.17. The van der Waals surface area contributed by atoms with Crippen LogP contribution in [0.3, 0.4) is 0 Å². The molecule has 27 heavy (non-hydrogen) atoms. The maximum absolute atomic E-state index is 12.5. The molecule has 0 spiro atoms. The topological polar surface area (TPSA) is 110 Å². The summed E-state index contributed by atoms with van der Waals surface area (Å²) in [6, 6.07) is 11.2. The number of sulfonamides is 1. The molecule has 9 heteroatoms. The number of nitro groups is 1. The van der Waals surface area contributed by atoms with Gasteiger partial charge in [0.15, 0.2) is 0 Å². The van der Waals surface area contributed by atoms with Gasteiger partial charge in [-0.15, -0.1) is 0 Å². The van der Waals surface area contributed by atoms with Crippen molar-refractivity contribution in [2.24, 2.45) is 0 Å². The lowest BCUT2D eigenvalue weighted by molar-refractivity contribution is -0.384. The van der Waals surface area contributed by atoms with Crippen LogP contribution in [0.15, 0.2) is 53.4 Å². The van der Waals surface area contributed by atoms with E-state index in [1.54, 1.807) is 0 Å². The first-order valence-electron chi connectivity index (χ1n) is 8.38. The molecular formula is C18H21N3O5S. The number of nitro benzene ring substituents is 1. The number of nitrogens with one attached hydrogen (secondary N) is 1. The van der Waals surface area contributed by atoms with Gasteiger partial charge in [-0.2, -0.15) is 0 Å². The molecule has 0 aliphatic heterocycles. The van der Waals surface area contributed by atoms with E-state index in [1.165, 1.54) is 59.9 Å². The molecule has 0 aliphatic rings. The van der Waals surface area contributed by atoms with Crippen LogP contribution in [0.25, 0.3) is 0 Å². The van der Waals surface area contributed by atoms with Crippen molar-refractivity contribution < 1.29 is 18.1 Å². The Morgan fingerprint density at radius 1 is 1.19 bits per heavy atom. The number of hydrogen-bond acceptors (Lipinski definition) is 5. The molecule has 0 saturated heterocycles. The van der Waals surface area contributed by atoms with E-state index < -0.39 is 20.9 Å². The Bertz CT molecular complexity index is 926. The molecule has 2 aromatic rings. The van der Waals surface area contributed by atoms with Crippen molar-refractivity contribution in [3.05, 3.63) is 64.2 Å².